The molecule has 136 valence electrons. The number of rotatable bonds is 4. The fourth-order valence-corrected chi connectivity index (χ4v) is 3.85. The first-order valence-electron chi connectivity index (χ1n) is 7.96. The van der Waals surface area contributed by atoms with Gasteiger partial charge in [-0.3, -0.25) is 4.79 Å². The molecule has 0 radical (unpaired) electrons. The van der Waals surface area contributed by atoms with Gasteiger partial charge in [0.15, 0.2) is 11.6 Å². The molecule has 0 atom stereocenters. The van der Waals surface area contributed by atoms with Gasteiger partial charge in [0.1, 0.15) is 9.71 Å². The quantitative estimate of drug-likeness (QED) is 0.731. The number of amides is 1. The Bertz CT molecular complexity index is 993. The average Bonchev–Trinajstić information content (AvgIpc) is 2.93. The van der Waals surface area contributed by atoms with Crippen molar-refractivity contribution in [2.24, 2.45) is 0 Å². The van der Waals surface area contributed by atoms with E-state index in [9.17, 15) is 9.18 Å². The van der Waals surface area contributed by atoms with Crippen LogP contribution in [0.2, 0.25) is 0 Å². The van der Waals surface area contributed by atoms with E-state index in [1.165, 1.54) is 24.5 Å². The second-order valence-corrected chi connectivity index (χ2v) is 7.04. The predicted octanol–water partition coefficient (Wildman–Crippen LogP) is 3.28. The molecule has 8 heteroatoms. The number of aromatic nitrogens is 2. The fourth-order valence-electron chi connectivity index (χ4n) is 2.83. The summed E-state index contributed by atoms with van der Waals surface area (Å²) in [6.45, 7) is 5.68. The lowest BCUT2D eigenvalue weighted by Crippen LogP contribution is -2.22. The molecule has 2 heterocycles. The Labute approximate surface area is 154 Å². The summed E-state index contributed by atoms with van der Waals surface area (Å²) in [6, 6.07) is 3.12. The van der Waals surface area contributed by atoms with E-state index in [1.807, 2.05) is 13.8 Å². The van der Waals surface area contributed by atoms with Gasteiger partial charge in [-0.2, -0.15) is 5.10 Å². The molecule has 3 rings (SSSR count). The van der Waals surface area contributed by atoms with Gasteiger partial charge < -0.3 is 15.8 Å². The van der Waals surface area contributed by atoms with Crippen LogP contribution >= 0.6 is 11.3 Å². The van der Waals surface area contributed by atoms with Crippen LogP contribution in [-0.2, 0) is 6.54 Å². The number of aryl methyl sites for hydroxylation is 3. The largest absolute Gasteiger partial charge is 0.493 e. The van der Waals surface area contributed by atoms with E-state index in [0.717, 1.165) is 16.6 Å². The van der Waals surface area contributed by atoms with Crippen molar-refractivity contribution in [2.45, 2.75) is 27.3 Å². The maximum Gasteiger partial charge on any atom is 0.263 e. The molecule has 0 saturated heterocycles. The van der Waals surface area contributed by atoms with E-state index < -0.39 is 5.82 Å². The van der Waals surface area contributed by atoms with Crippen molar-refractivity contribution < 1.29 is 13.9 Å². The highest BCUT2D eigenvalue weighted by Crippen LogP contribution is 2.34. The van der Waals surface area contributed by atoms with E-state index >= 15 is 0 Å². The van der Waals surface area contributed by atoms with Crippen LogP contribution in [0.4, 0.5) is 10.1 Å². The topological polar surface area (TPSA) is 90.1 Å². The van der Waals surface area contributed by atoms with Gasteiger partial charge in [-0.1, -0.05) is 6.07 Å². The average molecular weight is 374 g/mol. The Morgan fingerprint density at radius 2 is 2.04 bits per heavy atom. The number of carbonyl (C=O) groups excluding carboxylic acids is 1. The third-order valence-corrected chi connectivity index (χ3v) is 5.38. The summed E-state index contributed by atoms with van der Waals surface area (Å²) >= 11 is 1.20. The number of methoxy groups -OCH3 is 1. The number of nitrogens with two attached hydrogens (primary N) is 1. The first-order valence-corrected chi connectivity index (χ1v) is 8.78. The minimum Gasteiger partial charge on any atom is -0.493 e. The van der Waals surface area contributed by atoms with Gasteiger partial charge in [0, 0.05) is 11.9 Å². The number of nitrogen functional groups attached to an aromatic ring is 1. The number of nitrogens with one attached hydrogen (secondary N) is 1. The lowest BCUT2D eigenvalue weighted by Gasteiger charge is -2.10. The van der Waals surface area contributed by atoms with E-state index in [0.29, 0.717) is 26.5 Å². The first kappa shape index (κ1) is 18.1. The summed E-state index contributed by atoms with van der Waals surface area (Å²) in [6.07, 6.45) is 0. The van der Waals surface area contributed by atoms with Crippen molar-refractivity contribution in [1.82, 2.24) is 15.5 Å². The molecule has 0 aliphatic carbocycles. The predicted molar refractivity (Wildman–Crippen MR) is 100 cm³/mol. The van der Waals surface area contributed by atoms with Crippen molar-refractivity contribution in [2.75, 3.05) is 12.8 Å². The highest BCUT2D eigenvalue weighted by atomic mass is 32.1. The van der Waals surface area contributed by atoms with E-state index in [1.54, 1.807) is 13.0 Å². The van der Waals surface area contributed by atoms with Crippen molar-refractivity contribution in [3.05, 3.63) is 45.2 Å². The second-order valence-electron chi connectivity index (χ2n) is 6.05. The SMILES string of the molecule is COc1c(C)cc(CNC(=O)c2sc3nnc(C)c(C)c3c2N)cc1F. The third-order valence-electron chi connectivity index (χ3n) is 4.29. The number of anilines is 1. The van der Waals surface area contributed by atoms with Crippen molar-refractivity contribution in [3.63, 3.8) is 0 Å². The number of hydrogen-bond donors (Lipinski definition) is 2. The highest BCUT2D eigenvalue weighted by molar-refractivity contribution is 7.21. The summed E-state index contributed by atoms with van der Waals surface area (Å²) < 4.78 is 19.0. The van der Waals surface area contributed by atoms with Gasteiger partial charge in [-0.05, 0) is 43.5 Å². The zero-order chi connectivity index (χ0) is 19.0. The van der Waals surface area contributed by atoms with Gasteiger partial charge in [-0.15, -0.1) is 16.4 Å². The Morgan fingerprint density at radius 1 is 1.31 bits per heavy atom. The van der Waals surface area contributed by atoms with Crippen LogP contribution in [0, 0.1) is 26.6 Å². The lowest BCUT2D eigenvalue weighted by molar-refractivity contribution is 0.0955. The smallest absolute Gasteiger partial charge is 0.263 e. The molecular formula is C18H19FN4O2S. The fraction of sp³-hybridized carbons (Fsp3) is 0.278. The molecule has 0 aliphatic heterocycles. The van der Waals surface area contributed by atoms with Crippen LogP contribution in [-0.4, -0.2) is 23.2 Å². The molecule has 0 fully saturated rings. The van der Waals surface area contributed by atoms with Crippen LogP contribution in [0.25, 0.3) is 10.2 Å². The third kappa shape index (κ3) is 3.08. The van der Waals surface area contributed by atoms with Gasteiger partial charge in [-0.25, -0.2) is 4.39 Å². The maximum absolute atomic E-state index is 14.0. The minimum absolute atomic E-state index is 0.179. The van der Waals surface area contributed by atoms with Crippen molar-refractivity contribution in [3.8, 4) is 5.75 Å². The van der Waals surface area contributed by atoms with Crippen LogP contribution in [0.3, 0.4) is 0 Å². The van der Waals surface area contributed by atoms with Gasteiger partial charge >= 0.3 is 0 Å². The van der Waals surface area contributed by atoms with Gasteiger partial charge in [0.05, 0.1) is 18.5 Å². The van der Waals surface area contributed by atoms with Gasteiger partial charge in [0.2, 0.25) is 0 Å². The highest BCUT2D eigenvalue weighted by Gasteiger charge is 2.20. The van der Waals surface area contributed by atoms with E-state index in [4.69, 9.17) is 10.5 Å². The number of benzene rings is 1. The Hall–Kier alpha value is -2.74. The molecule has 3 aromatic rings. The minimum atomic E-state index is -0.459. The van der Waals surface area contributed by atoms with Crippen molar-refractivity contribution in [1.29, 1.82) is 0 Å². The van der Waals surface area contributed by atoms with E-state index in [2.05, 4.69) is 15.5 Å². The summed E-state index contributed by atoms with van der Waals surface area (Å²) in [7, 11) is 1.42. The maximum atomic E-state index is 14.0. The molecule has 0 aliphatic rings. The van der Waals surface area contributed by atoms with Crippen LogP contribution in [0.15, 0.2) is 12.1 Å². The first-order chi connectivity index (χ1) is 12.3. The van der Waals surface area contributed by atoms with Gasteiger partial charge in [0.25, 0.3) is 5.91 Å². The number of fused-ring (bicyclic) bond motifs is 1. The summed E-state index contributed by atoms with van der Waals surface area (Å²) in [5, 5.41) is 11.7. The van der Waals surface area contributed by atoms with Crippen molar-refractivity contribution >= 4 is 33.1 Å². The van der Waals surface area contributed by atoms with E-state index in [-0.39, 0.29) is 18.2 Å². The summed E-state index contributed by atoms with van der Waals surface area (Å²) in [5.41, 5.74) is 9.56. The molecule has 0 spiro atoms. The Balaban J connectivity index is 1.84. The summed E-state index contributed by atoms with van der Waals surface area (Å²) in [5.74, 6) is -0.575. The molecule has 6 nitrogen and oxygen atoms in total. The molecular weight excluding hydrogens is 355 g/mol. The number of hydrogen-bond acceptors (Lipinski definition) is 6. The molecule has 0 bridgehead atoms. The normalized spacial score (nSPS) is 11.0. The number of halogens is 1. The molecule has 3 N–H and O–H groups in total. The van der Waals surface area contributed by atoms with Crippen LogP contribution in [0.1, 0.15) is 32.1 Å². The standard InChI is InChI=1S/C18H19FN4O2S/c1-8-5-11(6-12(19)15(8)25-4)7-21-17(24)16-14(20)13-9(2)10(3)22-23-18(13)26-16/h5-6H,7,20H2,1-4H3,(H,21,24). The molecule has 0 saturated carbocycles. The number of nitrogens with zero attached hydrogens (tertiary/aromatic N) is 2. The lowest BCUT2D eigenvalue weighted by atomic mass is 10.1. The molecule has 26 heavy (non-hydrogen) atoms. The van der Waals surface area contributed by atoms with Crippen LogP contribution in [0.5, 0.6) is 5.75 Å². The number of thiophene rings is 1. The summed E-state index contributed by atoms with van der Waals surface area (Å²) in [4.78, 5) is 13.6. The zero-order valence-electron chi connectivity index (χ0n) is 14.9. The number of carbonyl (C=O) groups is 1. The second kappa shape index (κ2) is 6.87. The Kier molecular flexibility index (Phi) is 4.78. The molecule has 2 aromatic heterocycles. The molecule has 1 amide bonds. The monoisotopic (exact) mass is 374 g/mol. The Morgan fingerprint density at radius 3 is 2.69 bits per heavy atom. The molecule has 1 aromatic carbocycles. The van der Waals surface area contributed by atoms with Crippen LogP contribution < -0.4 is 15.8 Å². The molecule has 0 unspecified atom stereocenters. The number of ether oxygens (including phenoxy) is 1. The zero-order valence-corrected chi connectivity index (χ0v) is 15.8.